The molecule has 23 heavy (non-hydrogen) atoms. The third-order valence-electron chi connectivity index (χ3n) is 6.42. The van der Waals surface area contributed by atoms with Crippen LogP contribution in [0.4, 0.5) is 0 Å². The summed E-state index contributed by atoms with van der Waals surface area (Å²) in [4.78, 5) is 0. The van der Waals surface area contributed by atoms with Crippen LogP contribution in [0, 0.1) is 24.7 Å². The molecular formula is C18H24N4O. The molecule has 5 heteroatoms. The smallest absolute Gasteiger partial charge is 0.251 e. The van der Waals surface area contributed by atoms with Gasteiger partial charge in [0.25, 0.3) is 5.89 Å². The molecule has 0 radical (unpaired) electrons. The Morgan fingerprint density at radius 1 is 1.13 bits per heavy atom. The van der Waals surface area contributed by atoms with Crippen LogP contribution in [0.25, 0.3) is 11.5 Å². The van der Waals surface area contributed by atoms with E-state index in [1.807, 2.05) is 17.8 Å². The van der Waals surface area contributed by atoms with Gasteiger partial charge in [-0.25, -0.2) is 0 Å². The summed E-state index contributed by atoms with van der Waals surface area (Å²) >= 11 is 0. The Morgan fingerprint density at radius 3 is 2.35 bits per heavy atom. The molecule has 4 aliphatic carbocycles. The first-order valence-corrected chi connectivity index (χ1v) is 9.03. The predicted molar refractivity (Wildman–Crippen MR) is 85.8 cm³/mol. The third kappa shape index (κ3) is 2.01. The molecule has 4 aliphatic rings. The van der Waals surface area contributed by atoms with Crippen molar-refractivity contribution in [3.8, 4) is 11.5 Å². The molecule has 4 bridgehead atoms. The minimum Gasteiger partial charge on any atom is -0.420 e. The lowest BCUT2D eigenvalue weighted by Crippen LogP contribution is -2.48. The van der Waals surface area contributed by atoms with E-state index in [2.05, 4.69) is 22.2 Å². The number of rotatable bonds is 3. The van der Waals surface area contributed by atoms with Crippen molar-refractivity contribution in [2.45, 2.75) is 64.3 Å². The summed E-state index contributed by atoms with van der Waals surface area (Å²) in [5.41, 5.74) is 2.12. The van der Waals surface area contributed by atoms with E-state index in [1.54, 1.807) is 0 Å². The van der Waals surface area contributed by atoms with Crippen molar-refractivity contribution in [1.82, 2.24) is 20.0 Å². The van der Waals surface area contributed by atoms with Crippen LogP contribution >= 0.6 is 0 Å². The van der Waals surface area contributed by atoms with Crippen molar-refractivity contribution in [2.24, 2.45) is 17.8 Å². The second-order valence-corrected chi connectivity index (χ2v) is 8.09. The maximum atomic E-state index is 6.22. The van der Waals surface area contributed by atoms with Gasteiger partial charge in [-0.1, -0.05) is 0 Å². The summed E-state index contributed by atoms with van der Waals surface area (Å²) in [7, 11) is 0. The standard InChI is InChI=1S/C18H24N4O/c1-3-22-10-15(11(2)21-22)16-19-20-17(23-16)18-7-12-4-13(8-18)6-14(5-12)9-18/h10,12-14H,3-9H2,1-2H3. The molecule has 4 saturated carbocycles. The van der Waals surface area contributed by atoms with Gasteiger partial charge in [0, 0.05) is 18.2 Å². The number of hydrogen-bond acceptors (Lipinski definition) is 4. The Labute approximate surface area is 136 Å². The molecule has 5 nitrogen and oxygen atoms in total. The maximum Gasteiger partial charge on any atom is 0.251 e. The topological polar surface area (TPSA) is 56.7 Å². The van der Waals surface area contributed by atoms with E-state index >= 15 is 0 Å². The largest absolute Gasteiger partial charge is 0.420 e. The average Bonchev–Trinajstić information content (AvgIpc) is 3.12. The van der Waals surface area contributed by atoms with Gasteiger partial charge in [0.1, 0.15) is 0 Å². The normalized spacial score (nSPS) is 35.1. The van der Waals surface area contributed by atoms with Crippen LogP contribution in [0.3, 0.4) is 0 Å². The highest BCUT2D eigenvalue weighted by molar-refractivity contribution is 5.54. The first-order chi connectivity index (χ1) is 11.1. The molecule has 2 aromatic heterocycles. The van der Waals surface area contributed by atoms with Crippen LogP contribution < -0.4 is 0 Å². The van der Waals surface area contributed by atoms with Crippen LogP contribution in [0.1, 0.15) is 57.0 Å². The molecule has 0 unspecified atom stereocenters. The van der Waals surface area contributed by atoms with E-state index in [4.69, 9.17) is 4.42 Å². The number of aromatic nitrogens is 4. The minimum absolute atomic E-state index is 0.175. The summed E-state index contributed by atoms with van der Waals surface area (Å²) < 4.78 is 8.15. The predicted octanol–water partition coefficient (Wildman–Crippen LogP) is 3.73. The van der Waals surface area contributed by atoms with Crippen LogP contribution in [0.15, 0.2) is 10.6 Å². The third-order valence-corrected chi connectivity index (χ3v) is 6.42. The second-order valence-electron chi connectivity index (χ2n) is 8.09. The van der Waals surface area contributed by atoms with Gasteiger partial charge in [-0.05, 0) is 70.1 Å². The molecule has 0 atom stereocenters. The Hall–Kier alpha value is -1.65. The lowest BCUT2D eigenvalue weighted by Gasteiger charge is -2.55. The number of nitrogens with zero attached hydrogens (tertiary/aromatic N) is 4. The summed E-state index contributed by atoms with van der Waals surface area (Å²) in [6.07, 6.45) is 10.1. The average molecular weight is 312 g/mol. The zero-order chi connectivity index (χ0) is 15.6. The fourth-order valence-corrected chi connectivity index (χ4v) is 5.81. The van der Waals surface area contributed by atoms with Gasteiger partial charge in [-0.15, -0.1) is 10.2 Å². The molecule has 2 heterocycles. The monoisotopic (exact) mass is 312 g/mol. The lowest BCUT2D eigenvalue weighted by molar-refractivity contribution is -0.0176. The van der Waals surface area contributed by atoms with E-state index in [-0.39, 0.29) is 5.41 Å². The zero-order valence-electron chi connectivity index (χ0n) is 14.0. The van der Waals surface area contributed by atoms with Crippen LogP contribution in [-0.2, 0) is 12.0 Å². The first-order valence-electron chi connectivity index (χ1n) is 9.03. The molecule has 6 rings (SSSR count). The van der Waals surface area contributed by atoms with E-state index < -0.39 is 0 Å². The SMILES string of the molecule is CCn1cc(-c2nnc(C34CC5CC(CC(C5)C3)C4)o2)c(C)n1. The van der Waals surface area contributed by atoms with E-state index in [0.29, 0.717) is 5.89 Å². The van der Waals surface area contributed by atoms with Crippen molar-refractivity contribution in [2.75, 3.05) is 0 Å². The highest BCUT2D eigenvalue weighted by Gasteiger charge is 2.54. The fourth-order valence-electron chi connectivity index (χ4n) is 5.81. The Bertz CT molecular complexity index is 709. The van der Waals surface area contributed by atoms with Crippen LogP contribution in [0.5, 0.6) is 0 Å². The van der Waals surface area contributed by atoms with Gasteiger partial charge in [-0.2, -0.15) is 5.10 Å². The molecule has 0 aromatic carbocycles. The van der Waals surface area contributed by atoms with Crippen molar-refractivity contribution >= 4 is 0 Å². The second kappa shape index (κ2) is 4.68. The van der Waals surface area contributed by atoms with Crippen LogP contribution in [0.2, 0.25) is 0 Å². The van der Waals surface area contributed by atoms with Crippen molar-refractivity contribution < 1.29 is 4.42 Å². The molecule has 0 N–H and O–H groups in total. The Morgan fingerprint density at radius 2 is 1.78 bits per heavy atom. The van der Waals surface area contributed by atoms with E-state index in [9.17, 15) is 0 Å². The fraction of sp³-hybridized carbons (Fsp3) is 0.722. The van der Waals surface area contributed by atoms with Crippen molar-refractivity contribution in [1.29, 1.82) is 0 Å². The van der Waals surface area contributed by atoms with Crippen molar-refractivity contribution in [3.05, 3.63) is 17.8 Å². The van der Waals surface area contributed by atoms with Gasteiger partial charge >= 0.3 is 0 Å². The molecular weight excluding hydrogens is 288 g/mol. The molecule has 0 aliphatic heterocycles. The van der Waals surface area contributed by atoms with Gasteiger partial charge in [0.2, 0.25) is 5.89 Å². The summed E-state index contributed by atoms with van der Waals surface area (Å²) in [5, 5.41) is 13.4. The summed E-state index contributed by atoms with van der Waals surface area (Å²) in [5.74, 6) is 4.21. The molecule has 122 valence electrons. The highest BCUT2D eigenvalue weighted by atomic mass is 16.4. The van der Waals surface area contributed by atoms with E-state index in [0.717, 1.165) is 41.4 Å². The first kappa shape index (κ1) is 13.8. The minimum atomic E-state index is 0.175. The molecule has 4 fully saturated rings. The number of hydrogen-bond donors (Lipinski definition) is 0. The Kier molecular flexibility index (Phi) is 2.80. The van der Waals surface area contributed by atoms with Gasteiger partial charge in [0.05, 0.1) is 11.3 Å². The van der Waals surface area contributed by atoms with Gasteiger partial charge in [-0.3, -0.25) is 4.68 Å². The molecule has 2 aromatic rings. The molecule has 0 saturated heterocycles. The van der Waals surface area contributed by atoms with Crippen LogP contribution in [-0.4, -0.2) is 20.0 Å². The van der Waals surface area contributed by atoms with Crippen molar-refractivity contribution in [3.63, 3.8) is 0 Å². The Balaban J connectivity index is 1.51. The van der Waals surface area contributed by atoms with E-state index in [1.165, 1.54) is 38.5 Å². The molecule has 0 spiro atoms. The summed E-state index contributed by atoms with van der Waals surface area (Å²) in [6, 6.07) is 0. The number of aryl methyl sites for hydroxylation is 2. The molecule has 0 amide bonds. The van der Waals surface area contributed by atoms with Gasteiger partial charge < -0.3 is 4.42 Å². The highest BCUT2D eigenvalue weighted by Crippen LogP contribution is 2.60. The maximum absolute atomic E-state index is 6.22. The summed E-state index contributed by atoms with van der Waals surface area (Å²) in [6.45, 7) is 4.96. The lowest BCUT2D eigenvalue weighted by atomic mass is 9.49. The zero-order valence-corrected chi connectivity index (χ0v) is 14.0. The quantitative estimate of drug-likeness (QED) is 0.866. The van der Waals surface area contributed by atoms with Gasteiger partial charge in [0.15, 0.2) is 0 Å².